The fourth-order valence-corrected chi connectivity index (χ4v) is 3.31. The van der Waals surface area contributed by atoms with E-state index in [4.69, 9.17) is 4.74 Å². The molecule has 0 spiro atoms. The van der Waals surface area contributed by atoms with Crippen molar-refractivity contribution in [1.82, 2.24) is 4.90 Å². The second-order valence-electron chi connectivity index (χ2n) is 5.72. The summed E-state index contributed by atoms with van der Waals surface area (Å²) in [5.41, 5.74) is 1.10. The number of anilines is 1. The lowest BCUT2D eigenvalue weighted by atomic mass is 10.2. The van der Waals surface area contributed by atoms with Crippen LogP contribution in [0.2, 0.25) is 0 Å². The molecule has 0 saturated heterocycles. The first-order valence-corrected chi connectivity index (χ1v) is 8.36. The Morgan fingerprint density at radius 3 is 2.90 bits per heavy atom. The van der Waals surface area contributed by atoms with Crippen LogP contribution in [0, 0.1) is 0 Å². The van der Waals surface area contributed by atoms with E-state index in [0.717, 1.165) is 31.1 Å². The predicted molar refractivity (Wildman–Crippen MR) is 89.2 cm³/mol. The monoisotopic (exact) mass is 302 g/mol. The zero-order valence-electron chi connectivity index (χ0n) is 12.6. The van der Waals surface area contributed by atoms with Crippen LogP contribution in [0.3, 0.4) is 0 Å². The van der Waals surface area contributed by atoms with Crippen LogP contribution in [0.5, 0.6) is 5.75 Å². The Balaban J connectivity index is 1.64. The highest BCUT2D eigenvalue weighted by Gasteiger charge is 2.23. The first-order chi connectivity index (χ1) is 10.2. The molecule has 0 amide bonds. The van der Waals surface area contributed by atoms with Crippen molar-refractivity contribution in [3.8, 4) is 5.75 Å². The van der Waals surface area contributed by atoms with Gasteiger partial charge in [-0.3, -0.25) is 4.90 Å². The number of hydrogen-bond acceptors (Lipinski definition) is 4. The maximum absolute atomic E-state index is 6.13. The molecular formula is C17H22N2OS. The standard InChI is InChI=1S/C17H22N2OS/c1-13(2)19(12-15-6-5-9-21-15)11-14-10-18-16-7-3-4-8-17(16)20-14/h3-9,13-14,18H,10-12H2,1-2H3. The van der Waals surface area contributed by atoms with E-state index >= 15 is 0 Å². The fraction of sp³-hybridized carbons (Fsp3) is 0.412. The lowest BCUT2D eigenvalue weighted by Crippen LogP contribution is -2.43. The molecule has 1 aliphatic rings. The molecule has 0 radical (unpaired) electrons. The Morgan fingerprint density at radius 1 is 1.29 bits per heavy atom. The summed E-state index contributed by atoms with van der Waals surface area (Å²) in [6.07, 6.45) is 0.197. The molecule has 4 heteroatoms. The molecule has 3 nitrogen and oxygen atoms in total. The molecule has 1 atom stereocenters. The van der Waals surface area contributed by atoms with E-state index in [1.54, 1.807) is 0 Å². The van der Waals surface area contributed by atoms with Crippen LogP contribution < -0.4 is 10.1 Å². The smallest absolute Gasteiger partial charge is 0.142 e. The molecule has 1 N–H and O–H groups in total. The number of benzene rings is 1. The Bertz CT molecular complexity index is 568. The zero-order chi connectivity index (χ0) is 14.7. The largest absolute Gasteiger partial charge is 0.485 e. The average molecular weight is 302 g/mol. The van der Waals surface area contributed by atoms with Crippen molar-refractivity contribution in [1.29, 1.82) is 0 Å². The highest BCUT2D eigenvalue weighted by Crippen LogP contribution is 2.28. The van der Waals surface area contributed by atoms with Crippen LogP contribution in [0.25, 0.3) is 0 Å². The van der Waals surface area contributed by atoms with Gasteiger partial charge in [0, 0.05) is 24.0 Å². The molecule has 0 fully saturated rings. The van der Waals surface area contributed by atoms with Crippen molar-refractivity contribution in [2.45, 2.75) is 32.5 Å². The van der Waals surface area contributed by atoms with Crippen molar-refractivity contribution in [3.63, 3.8) is 0 Å². The SMILES string of the molecule is CC(C)N(Cc1cccs1)CC1CNc2ccccc2O1. The van der Waals surface area contributed by atoms with Crippen LogP contribution >= 0.6 is 11.3 Å². The van der Waals surface area contributed by atoms with Crippen molar-refractivity contribution >= 4 is 17.0 Å². The van der Waals surface area contributed by atoms with Crippen LogP contribution in [0.4, 0.5) is 5.69 Å². The molecule has 2 heterocycles. The third-order valence-electron chi connectivity index (χ3n) is 3.81. The van der Waals surface area contributed by atoms with Gasteiger partial charge in [-0.1, -0.05) is 18.2 Å². The van der Waals surface area contributed by atoms with E-state index in [2.05, 4.69) is 47.6 Å². The topological polar surface area (TPSA) is 24.5 Å². The third-order valence-corrected chi connectivity index (χ3v) is 4.67. The van der Waals surface area contributed by atoms with E-state index in [-0.39, 0.29) is 6.10 Å². The van der Waals surface area contributed by atoms with Gasteiger partial charge in [-0.05, 0) is 37.4 Å². The third kappa shape index (κ3) is 3.57. The maximum atomic E-state index is 6.13. The molecule has 0 saturated carbocycles. The summed E-state index contributed by atoms with van der Waals surface area (Å²) < 4.78 is 6.13. The van der Waals surface area contributed by atoms with Gasteiger partial charge in [0.25, 0.3) is 0 Å². The predicted octanol–water partition coefficient (Wildman–Crippen LogP) is 3.83. The normalized spacial score (nSPS) is 17.4. The first-order valence-electron chi connectivity index (χ1n) is 7.48. The maximum Gasteiger partial charge on any atom is 0.142 e. The summed E-state index contributed by atoms with van der Waals surface area (Å²) in [4.78, 5) is 3.89. The molecule has 112 valence electrons. The summed E-state index contributed by atoms with van der Waals surface area (Å²) in [5, 5.41) is 5.61. The second-order valence-corrected chi connectivity index (χ2v) is 6.75. The van der Waals surface area contributed by atoms with Gasteiger partial charge >= 0.3 is 0 Å². The van der Waals surface area contributed by atoms with Gasteiger partial charge in [0.2, 0.25) is 0 Å². The quantitative estimate of drug-likeness (QED) is 0.908. The molecule has 21 heavy (non-hydrogen) atoms. The van der Waals surface area contributed by atoms with Gasteiger partial charge in [-0.25, -0.2) is 0 Å². The summed E-state index contributed by atoms with van der Waals surface area (Å²) in [6.45, 7) is 7.30. The molecule has 2 aromatic rings. The van der Waals surface area contributed by atoms with Crippen LogP contribution in [0.1, 0.15) is 18.7 Å². The molecule has 0 aliphatic carbocycles. The molecule has 1 aromatic heterocycles. The number of fused-ring (bicyclic) bond motifs is 1. The minimum atomic E-state index is 0.197. The molecule has 1 aliphatic heterocycles. The van der Waals surface area contributed by atoms with E-state index in [0.29, 0.717) is 6.04 Å². The summed E-state index contributed by atoms with van der Waals surface area (Å²) >= 11 is 1.82. The summed E-state index contributed by atoms with van der Waals surface area (Å²) in [7, 11) is 0. The minimum absolute atomic E-state index is 0.197. The molecule has 0 bridgehead atoms. The summed E-state index contributed by atoms with van der Waals surface area (Å²) in [6, 6.07) is 13.0. The second kappa shape index (κ2) is 6.50. The van der Waals surface area contributed by atoms with Crippen LogP contribution in [-0.2, 0) is 6.54 Å². The number of para-hydroxylation sites is 2. The average Bonchev–Trinajstić information content (AvgIpc) is 2.99. The lowest BCUT2D eigenvalue weighted by Gasteiger charge is -2.33. The van der Waals surface area contributed by atoms with E-state index < -0.39 is 0 Å². The van der Waals surface area contributed by atoms with E-state index in [1.165, 1.54) is 4.88 Å². The number of hydrogen-bond donors (Lipinski definition) is 1. The Kier molecular flexibility index (Phi) is 4.46. The van der Waals surface area contributed by atoms with Gasteiger partial charge in [-0.2, -0.15) is 0 Å². The zero-order valence-corrected chi connectivity index (χ0v) is 13.4. The Labute approximate surface area is 130 Å². The number of ether oxygens (including phenoxy) is 1. The van der Waals surface area contributed by atoms with Crippen LogP contribution in [-0.4, -0.2) is 30.1 Å². The number of rotatable bonds is 5. The van der Waals surface area contributed by atoms with Gasteiger partial charge in [-0.15, -0.1) is 11.3 Å². The van der Waals surface area contributed by atoms with E-state index in [1.807, 2.05) is 29.5 Å². The number of nitrogens with zero attached hydrogens (tertiary/aromatic N) is 1. The van der Waals surface area contributed by atoms with Crippen molar-refractivity contribution in [2.24, 2.45) is 0 Å². The number of thiophene rings is 1. The van der Waals surface area contributed by atoms with Crippen molar-refractivity contribution < 1.29 is 4.74 Å². The van der Waals surface area contributed by atoms with Gasteiger partial charge in [0.15, 0.2) is 0 Å². The van der Waals surface area contributed by atoms with Crippen molar-refractivity contribution in [2.75, 3.05) is 18.4 Å². The van der Waals surface area contributed by atoms with Gasteiger partial charge in [0.1, 0.15) is 11.9 Å². The highest BCUT2D eigenvalue weighted by molar-refractivity contribution is 7.09. The minimum Gasteiger partial charge on any atom is -0.485 e. The first kappa shape index (κ1) is 14.4. The Hall–Kier alpha value is -1.52. The fourth-order valence-electron chi connectivity index (χ4n) is 2.58. The summed E-state index contributed by atoms with van der Waals surface area (Å²) in [5.74, 6) is 0.966. The van der Waals surface area contributed by atoms with Crippen LogP contribution in [0.15, 0.2) is 41.8 Å². The lowest BCUT2D eigenvalue weighted by molar-refractivity contribution is 0.111. The molecule has 1 aromatic carbocycles. The number of nitrogens with one attached hydrogen (secondary N) is 1. The molecular weight excluding hydrogens is 280 g/mol. The van der Waals surface area contributed by atoms with E-state index in [9.17, 15) is 0 Å². The van der Waals surface area contributed by atoms with Gasteiger partial charge < -0.3 is 10.1 Å². The molecule has 3 rings (SSSR count). The van der Waals surface area contributed by atoms with Gasteiger partial charge in [0.05, 0.1) is 12.2 Å². The van der Waals surface area contributed by atoms with Crippen molar-refractivity contribution in [3.05, 3.63) is 46.7 Å². The Morgan fingerprint density at radius 2 is 2.14 bits per heavy atom. The highest BCUT2D eigenvalue weighted by atomic mass is 32.1. The molecule has 1 unspecified atom stereocenters.